The highest BCUT2D eigenvalue weighted by molar-refractivity contribution is 7.14. The summed E-state index contributed by atoms with van der Waals surface area (Å²) in [4.78, 5) is 4.05. The van der Waals surface area contributed by atoms with E-state index in [-0.39, 0.29) is 5.82 Å². The van der Waals surface area contributed by atoms with Crippen LogP contribution in [0.2, 0.25) is 0 Å². The van der Waals surface area contributed by atoms with Crippen LogP contribution in [0.15, 0.2) is 59.0 Å². The maximum Gasteiger partial charge on any atom is 0.205 e. The summed E-state index contributed by atoms with van der Waals surface area (Å²) >= 11 is 1.38. The minimum Gasteiger partial charge on any atom is -0.489 e. The second-order valence-corrected chi connectivity index (χ2v) is 5.80. The van der Waals surface area contributed by atoms with Crippen molar-refractivity contribution in [2.75, 3.05) is 11.2 Å². The monoisotopic (exact) mass is 342 g/mol. The van der Waals surface area contributed by atoms with E-state index in [9.17, 15) is 4.39 Å². The van der Waals surface area contributed by atoms with Gasteiger partial charge in [-0.1, -0.05) is 24.3 Å². The molecule has 3 aromatic rings. The van der Waals surface area contributed by atoms with Gasteiger partial charge in [-0.05, 0) is 35.4 Å². The zero-order chi connectivity index (χ0) is 16.8. The maximum absolute atomic E-state index is 13.1. The summed E-state index contributed by atoms with van der Waals surface area (Å²) in [5, 5.41) is 6.47. The summed E-state index contributed by atoms with van der Waals surface area (Å²) < 4.78 is 18.8. The SMILES string of the molecule is Nc1csc(NN=Cc2cccc(OCc3cccc(F)c3)c2)n1. The van der Waals surface area contributed by atoms with Crippen molar-refractivity contribution < 1.29 is 9.13 Å². The zero-order valence-electron chi connectivity index (χ0n) is 12.6. The highest BCUT2D eigenvalue weighted by Gasteiger charge is 1.99. The van der Waals surface area contributed by atoms with Crippen LogP contribution in [0.3, 0.4) is 0 Å². The van der Waals surface area contributed by atoms with Gasteiger partial charge in [0.1, 0.15) is 24.0 Å². The molecule has 2 aromatic carbocycles. The molecule has 1 aromatic heterocycles. The summed E-state index contributed by atoms with van der Waals surface area (Å²) in [6.45, 7) is 0.301. The number of hydrazone groups is 1. The fourth-order valence-corrected chi connectivity index (χ4v) is 2.53. The van der Waals surface area contributed by atoms with Crippen LogP contribution < -0.4 is 15.9 Å². The van der Waals surface area contributed by atoms with Gasteiger partial charge in [-0.15, -0.1) is 11.3 Å². The summed E-state index contributed by atoms with van der Waals surface area (Å²) in [5.41, 5.74) is 9.99. The van der Waals surface area contributed by atoms with E-state index >= 15 is 0 Å². The van der Waals surface area contributed by atoms with E-state index in [1.807, 2.05) is 30.3 Å². The number of nitrogens with zero attached hydrogens (tertiary/aromatic N) is 2. The van der Waals surface area contributed by atoms with E-state index < -0.39 is 0 Å². The number of nitrogens with two attached hydrogens (primary N) is 1. The van der Waals surface area contributed by atoms with Gasteiger partial charge in [-0.3, -0.25) is 5.43 Å². The number of hydrogen-bond acceptors (Lipinski definition) is 6. The number of nitrogens with one attached hydrogen (secondary N) is 1. The molecule has 0 aliphatic heterocycles. The Hall–Kier alpha value is -2.93. The first-order valence-corrected chi connectivity index (χ1v) is 8.04. The molecule has 0 saturated heterocycles. The minimum atomic E-state index is -0.272. The van der Waals surface area contributed by atoms with Crippen molar-refractivity contribution in [2.24, 2.45) is 5.10 Å². The third-order valence-corrected chi connectivity index (χ3v) is 3.81. The lowest BCUT2D eigenvalue weighted by molar-refractivity contribution is 0.305. The molecular weight excluding hydrogens is 327 g/mol. The number of aromatic nitrogens is 1. The van der Waals surface area contributed by atoms with Crippen LogP contribution in [0.25, 0.3) is 0 Å². The summed E-state index contributed by atoms with van der Waals surface area (Å²) in [6, 6.07) is 13.8. The Bertz CT molecular complexity index is 850. The Balaban J connectivity index is 1.59. The molecule has 122 valence electrons. The van der Waals surface area contributed by atoms with Gasteiger partial charge < -0.3 is 10.5 Å². The largest absolute Gasteiger partial charge is 0.489 e. The number of benzene rings is 2. The van der Waals surface area contributed by atoms with Gasteiger partial charge in [-0.25, -0.2) is 9.37 Å². The Kier molecular flexibility index (Phi) is 5.02. The number of thiazole rings is 1. The summed E-state index contributed by atoms with van der Waals surface area (Å²) in [5.74, 6) is 0.873. The third kappa shape index (κ3) is 4.53. The first-order valence-electron chi connectivity index (χ1n) is 7.16. The molecule has 0 unspecified atom stereocenters. The molecule has 1 heterocycles. The van der Waals surface area contributed by atoms with Gasteiger partial charge in [0.25, 0.3) is 0 Å². The van der Waals surface area contributed by atoms with Crippen molar-refractivity contribution in [1.82, 2.24) is 4.98 Å². The number of halogens is 1. The van der Waals surface area contributed by atoms with Gasteiger partial charge in [0, 0.05) is 5.38 Å². The molecule has 0 atom stereocenters. The Morgan fingerprint density at radius 2 is 2.12 bits per heavy atom. The molecule has 0 aliphatic rings. The van der Waals surface area contributed by atoms with Crippen molar-refractivity contribution in [3.05, 3.63) is 70.9 Å². The Morgan fingerprint density at radius 1 is 1.25 bits per heavy atom. The second-order valence-electron chi connectivity index (χ2n) is 4.94. The van der Waals surface area contributed by atoms with Gasteiger partial charge in [0.2, 0.25) is 5.13 Å². The average Bonchev–Trinajstić information content (AvgIpc) is 2.99. The molecule has 0 fully saturated rings. The van der Waals surface area contributed by atoms with Crippen LogP contribution in [-0.2, 0) is 6.61 Å². The lowest BCUT2D eigenvalue weighted by Crippen LogP contribution is -1.97. The van der Waals surface area contributed by atoms with E-state index in [0.29, 0.717) is 23.3 Å². The quantitative estimate of drug-likeness (QED) is 0.526. The van der Waals surface area contributed by atoms with Gasteiger partial charge in [-0.2, -0.15) is 5.10 Å². The number of anilines is 2. The highest BCUT2D eigenvalue weighted by Crippen LogP contribution is 2.17. The highest BCUT2D eigenvalue weighted by atomic mass is 32.1. The zero-order valence-corrected chi connectivity index (χ0v) is 13.5. The molecule has 3 rings (SSSR count). The van der Waals surface area contributed by atoms with E-state index in [1.54, 1.807) is 17.7 Å². The molecule has 0 amide bonds. The molecular formula is C17H15FN4OS. The van der Waals surface area contributed by atoms with Crippen LogP contribution >= 0.6 is 11.3 Å². The van der Waals surface area contributed by atoms with E-state index in [2.05, 4.69) is 15.5 Å². The van der Waals surface area contributed by atoms with Crippen LogP contribution in [0.1, 0.15) is 11.1 Å². The van der Waals surface area contributed by atoms with Crippen molar-refractivity contribution in [2.45, 2.75) is 6.61 Å². The molecule has 0 aliphatic carbocycles. The fraction of sp³-hybridized carbons (Fsp3) is 0.0588. The van der Waals surface area contributed by atoms with Crippen LogP contribution in [0, 0.1) is 5.82 Å². The molecule has 7 heteroatoms. The molecule has 0 radical (unpaired) electrons. The van der Waals surface area contributed by atoms with E-state index in [4.69, 9.17) is 10.5 Å². The molecule has 3 N–H and O–H groups in total. The van der Waals surface area contributed by atoms with Gasteiger partial charge in [0.15, 0.2) is 0 Å². The molecule has 0 bridgehead atoms. The van der Waals surface area contributed by atoms with E-state index in [1.165, 1.54) is 23.5 Å². The topological polar surface area (TPSA) is 72.5 Å². The smallest absolute Gasteiger partial charge is 0.205 e. The van der Waals surface area contributed by atoms with Crippen molar-refractivity contribution in [3.8, 4) is 5.75 Å². The number of ether oxygens (including phenoxy) is 1. The Labute approximate surface area is 142 Å². The van der Waals surface area contributed by atoms with Crippen molar-refractivity contribution in [3.63, 3.8) is 0 Å². The van der Waals surface area contributed by atoms with Crippen molar-refractivity contribution in [1.29, 1.82) is 0 Å². The number of hydrogen-bond donors (Lipinski definition) is 2. The van der Waals surface area contributed by atoms with Crippen molar-refractivity contribution >= 4 is 28.5 Å². The number of nitrogen functional groups attached to an aromatic ring is 1. The first-order chi connectivity index (χ1) is 11.7. The number of rotatable bonds is 6. The van der Waals surface area contributed by atoms with Crippen LogP contribution in [-0.4, -0.2) is 11.2 Å². The van der Waals surface area contributed by atoms with Crippen LogP contribution in [0.5, 0.6) is 5.75 Å². The van der Waals surface area contributed by atoms with E-state index in [0.717, 1.165) is 11.1 Å². The molecule has 0 spiro atoms. The predicted molar refractivity (Wildman–Crippen MR) is 94.9 cm³/mol. The Morgan fingerprint density at radius 3 is 2.92 bits per heavy atom. The normalized spacial score (nSPS) is 10.9. The van der Waals surface area contributed by atoms with Gasteiger partial charge >= 0.3 is 0 Å². The predicted octanol–water partition coefficient (Wildman–Crippen LogP) is 3.89. The fourth-order valence-electron chi connectivity index (χ4n) is 1.98. The average molecular weight is 342 g/mol. The summed E-state index contributed by atoms with van der Waals surface area (Å²) in [7, 11) is 0. The standard InChI is InChI=1S/C17H15FN4OS/c18-14-5-1-4-13(7-14)10-23-15-6-2-3-12(8-15)9-20-22-17-21-16(19)11-24-17/h1-9,11H,10,19H2,(H,21,22). The minimum absolute atomic E-state index is 0.272. The lowest BCUT2D eigenvalue weighted by Gasteiger charge is -2.07. The lowest BCUT2D eigenvalue weighted by atomic mass is 10.2. The molecule has 5 nitrogen and oxygen atoms in total. The second kappa shape index (κ2) is 7.56. The maximum atomic E-state index is 13.1. The van der Waals surface area contributed by atoms with Gasteiger partial charge in [0.05, 0.1) is 6.21 Å². The third-order valence-electron chi connectivity index (χ3n) is 3.05. The molecule has 0 saturated carbocycles. The molecule has 24 heavy (non-hydrogen) atoms. The first kappa shape index (κ1) is 15.9. The summed E-state index contributed by atoms with van der Waals surface area (Å²) in [6.07, 6.45) is 1.66. The van der Waals surface area contributed by atoms with Crippen LogP contribution in [0.4, 0.5) is 15.3 Å².